The van der Waals surface area contributed by atoms with Gasteiger partial charge in [0.1, 0.15) is 0 Å². The Bertz CT molecular complexity index is 181. The van der Waals surface area contributed by atoms with Gasteiger partial charge in [-0.2, -0.15) is 0 Å². The van der Waals surface area contributed by atoms with Crippen LogP contribution in [0.15, 0.2) is 0 Å². The van der Waals surface area contributed by atoms with Crippen LogP contribution in [0.2, 0.25) is 0 Å². The van der Waals surface area contributed by atoms with Gasteiger partial charge in [0.15, 0.2) is 0 Å². The zero-order chi connectivity index (χ0) is 9.10. The van der Waals surface area contributed by atoms with E-state index in [-0.39, 0.29) is 0 Å². The maximum absolute atomic E-state index is 11.7. The van der Waals surface area contributed by atoms with Crippen molar-refractivity contribution in [2.45, 2.75) is 38.1 Å². The zero-order valence-electron chi connectivity index (χ0n) is 8.09. The van der Waals surface area contributed by atoms with Crippen LogP contribution in [0.1, 0.15) is 32.1 Å². The SMILES string of the molecule is O=C(CC1CCCN1)N1CCCC1. The van der Waals surface area contributed by atoms with Gasteiger partial charge in [-0.3, -0.25) is 4.79 Å². The van der Waals surface area contributed by atoms with Crippen molar-refractivity contribution in [1.29, 1.82) is 0 Å². The first-order valence-corrected chi connectivity index (χ1v) is 5.37. The number of amides is 1. The van der Waals surface area contributed by atoms with E-state index in [9.17, 15) is 4.79 Å². The van der Waals surface area contributed by atoms with E-state index in [0.29, 0.717) is 11.9 Å². The summed E-state index contributed by atoms with van der Waals surface area (Å²) in [7, 11) is 0. The predicted molar refractivity (Wildman–Crippen MR) is 51.5 cm³/mol. The fourth-order valence-electron chi connectivity index (χ4n) is 2.24. The number of nitrogens with zero attached hydrogens (tertiary/aromatic N) is 1. The molecule has 1 N–H and O–H groups in total. The Morgan fingerprint density at radius 3 is 2.69 bits per heavy atom. The summed E-state index contributed by atoms with van der Waals surface area (Å²) < 4.78 is 0. The van der Waals surface area contributed by atoms with Gasteiger partial charge >= 0.3 is 0 Å². The molecule has 0 saturated carbocycles. The summed E-state index contributed by atoms with van der Waals surface area (Å²) in [6.45, 7) is 3.08. The molecule has 0 spiro atoms. The van der Waals surface area contributed by atoms with Gasteiger partial charge < -0.3 is 10.2 Å². The molecular weight excluding hydrogens is 164 g/mol. The topological polar surface area (TPSA) is 32.3 Å². The van der Waals surface area contributed by atoms with Crippen LogP contribution in [0.4, 0.5) is 0 Å². The molecule has 13 heavy (non-hydrogen) atoms. The van der Waals surface area contributed by atoms with E-state index in [1.165, 1.54) is 25.7 Å². The molecule has 0 aromatic rings. The lowest BCUT2D eigenvalue weighted by atomic mass is 10.1. The molecule has 2 aliphatic rings. The van der Waals surface area contributed by atoms with E-state index < -0.39 is 0 Å². The van der Waals surface area contributed by atoms with E-state index in [1.807, 2.05) is 4.90 Å². The average molecular weight is 182 g/mol. The number of nitrogens with one attached hydrogen (secondary N) is 1. The molecule has 2 fully saturated rings. The zero-order valence-corrected chi connectivity index (χ0v) is 8.09. The van der Waals surface area contributed by atoms with Crippen LogP contribution >= 0.6 is 0 Å². The van der Waals surface area contributed by atoms with E-state index in [4.69, 9.17) is 0 Å². The highest BCUT2D eigenvalue weighted by molar-refractivity contribution is 5.77. The van der Waals surface area contributed by atoms with Crippen molar-refractivity contribution in [2.75, 3.05) is 19.6 Å². The summed E-state index contributed by atoms with van der Waals surface area (Å²) in [5, 5.41) is 3.36. The third-order valence-electron chi connectivity index (χ3n) is 3.04. The number of carbonyl (C=O) groups excluding carboxylic acids is 1. The first-order valence-electron chi connectivity index (χ1n) is 5.37. The third kappa shape index (κ3) is 2.21. The van der Waals surface area contributed by atoms with Crippen LogP contribution in [0.25, 0.3) is 0 Å². The summed E-state index contributed by atoms with van der Waals surface area (Å²) in [5.41, 5.74) is 0. The fourth-order valence-corrected chi connectivity index (χ4v) is 2.24. The lowest BCUT2D eigenvalue weighted by molar-refractivity contribution is -0.130. The molecule has 1 amide bonds. The van der Waals surface area contributed by atoms with Crippen molar-refractivity contribution >= 4 is 5.91 Å². The Labute approximate surface area is 79.5 Å². The van der Waals surface area contributed by atoms with Crippen LogP contribution in [0, 0.1) is 0 Å². The maximum Gasteiger partial charge on any atom is 0.224 e. The fraction of sp³-hybridized carbons (Fsp3) is 0.900. The molecule has 74 valence electrons. The van der Waals surface area contributed by atoms with Gasteiger partial charge in [0.2, 0.25) is 5.91 Å². The molecular formula is C10H18N2O. The van der Waals surface area contributed by atoms with Gasteiger partial charge in [0.25, 0.3) is 0 Å². The largest absolute Gasteiger partial charge is 0.343 e. The number of carbonyl (C=O) groups is 1. The predicted octanol–water partition coefficient (Wildman–Crippen LogP) is 0.751. The van der Waals surface area contributed by atoms with E-state index in [2.05, 4.69) is 5.32 Å². The molecule has 0 radical (unpaired) electrons. The molecule has 2 saturated heterocycles. The second-order valence-corrected chi connectivity index (χ2v) is 4.09. The van der Waals surface area contributed by atoms with Crippen molar-refractivity contribution in [2.24, 2.45) is 0 Å². The van der Waals surface area contributed by atoms with Gasteiger partial charge in [0, 0.05) is 25.6 Å². The molecule has 3 heteroatoms. The lowest BCUT2D eigenvalue weighted by Crippen LogP contribution is -2.33. The highest BCUT2D eigenvalue weighted by atomic mass is 16.2. The number of rotatable bonds is 2. The minimum Gasteiger partial charge on any atom is -0.343 e. The first-order chi connectivity index (χ1) is 6.36. The van der Waals surface area contributed by atoms with E-state index >= 15 is 0 Å². The molecule has 2 rings (SSSR count). The summed E-state index contributed by atoms with van der Waals surface area (Å²) >= 11 is 0. The standard InChI is InChI=1S/C10H18N2O/c13-10(12-6-1-2-7-12)8-9-4-3-5-11-9/h9,11H,1-8H2. The Hall–Kier alpha value is -0.570. The van der Waals surface area contributed by atoms with Crippen LogP contribution in [0.3, 0.4) is 0 Å². The Morgan fingerprint density at radius 1 is 1.31 bits per heavy atom. The van der Waals surface area contributed by atoms with Crippen LogP contribution in [-0.2, 0) is 4.79 Å². The average Bonchev–Trinajstić information content (AvgIpc) is 2.74. The third-order valence-corrected chi connectivity index (χ3v) is 3.04. The molecule has 1 unspecified atom stereocenters. The normalized spacial score (nSPS) is 28.3. The molecule has 1 atom stereocenters. The number of likely N-dealkylation sites (tertiary alicyclic amines) is 1. The van der Waals surface area contributed by atoms with Crippen molar-refractivity contribution in [3.05, 3.63) is 0 Å². The molecule has 0 aromatic carbocycles. The van der Waals surface area contributed by atoms with Crippen LogP contribution in [0.5, 0.6) is 0 Å². The molecule has 0 aromatic heterocycles. The maximum atomic E-state index is 11.7. The smallest absolute Gasteiger partial charge is 0.224 e. The second-order valence-electron chi connectivity index (χ2n) is 4.09. The van der Waals surface area contributed by atoms with Crippen molar-refractivity contribution in [1.82, 2.24) is 10.2 Å². The molecule has 0 bridgehead atoms. The first kappa shape index (κ1) is 9.00. The quantitative estimate of drug-likeness (QED) is 0.683. The van der Waals surface area contributed by atoms with Crippen LogP contribution < -0.4 is 5.32 Å². The molecule has 2 heterocycles. The highest BCUT2D eigenvalue weighted by Gasteiger charge is 2.23. The van der Waals surface area contributed by atoms with Crippen LogP contribution in [-0.4, -0.2) is 36.5 Å². The van der Waals surface area contributed by atoms with E-state index in [0.717, 1.165) is 26.1 Å². The monoisotopic (exact) mass is 182 g/mol. The Morgan fingerprint density at radius 2 is 2.08 bits per heavy atom. The highest BCUT2D eigenvalue weighted by Crippen LogP contribution is 2.14. The Kier molecular flexibility index (Phi) is 2.83. The summed E-state index contributed by atoms with van der Waals surface area (Å²) in [5.74, 6) is 0.358. The van der Waals surface area contributed by atoms with Crippen molar-refractivity contribution in [3.63, 3.8) is 0 Å². The van der Waals surface area contributed by atoms with Gasteiger partial charge in [-0.05, 0) is 32.2 Å². The minimum atomic E-state index is 0.358. The molecule has 0 aliphatic carbocycles. The van der Waals surface area contributed by atoms with Crippen molar-refractivity contribution in [3.8, 4) is 0 Å². The van der Waals surface area contributed by atoms with Gasteiger partial charge in [0.05, 0.1) is 0 Å². The summed E-state index contributed by atoms with van der Waals surface area (Å²) in [4.78, 5) is 13.7. The Balaban J connectivity index is 1.76. The molecule has 3 nitrogen and oxygen atoms in total. The van der Waals surface area contributed by atoms with Gasteiger partial charge in [-0.15, -0.1) is 0 Å². The van der Waals surface area contributed by atoms with Crippen molar-refractivity contribution < 1.29 is 4.79 Å². The summed E-state index contributed by atoms with van der Waals surface area (Å²) in [6.07, 6.45) is 5.53. The van der Waals surface area contributed by atoms with Gasteiger partial charge in [-0.1, -0.05) is 0 Å². The second kappa shape index (κ2) is 4.09. The van der Waals surface area contributed by atoms with Gasteiger partial charge in [-0.25, -0.2) is 0 Å². The lowest BCUT2D eigenvalue weighted by Gasteiger charge is -2.17. The summed E-state index contributed by atoms with van der Waals surface area (Å²) in [6, 6.07) is 0.466. The number of hydrogen-bond donors (Lipinski definition) is 1. The van der Waals surface area contributed by atoms with E-state index in [1.54, 1.807) is 0 Å². The molecule has 2 aliphatic heterocycles. The minimum absolute atomic E-state index is 0.358. The number of hydrogen-bond acceptors (Lipinski definition) is 2.